The van der Waals surface area contributed by atoms with Gasteiger partial charge in [-0.05, 0) is 68.7 Å². The molecule has 118 valence electrons. The Morgan fingerprint density at radius 3 is 2.57 bits per heavy atom. The Hall–Kier alpha value is -0.890. The van der Waals surface area contributed by atoms with Crippen molar-refractivity contribution in [3.05, 3.63) is 34.6 Å². The first kappa shape index (κ1) is 16.5. The lowest BCUT2D eigenvalue weighted by Gasteiger charge is -2.28. The largest absolute Gasteiger partial charge is 0.310 e. The molecule has 0 radical (unpaired) electrons. The first-order valence-corrected chi connectivity index (χ1v) is 8.56. The summed E-state index contributed by atoms with van der Waals surface area (Å²) < 4.78 is 14.6. The molecule has 0 heterocycles. The van der Waals surface area contributed by atoms with E-state index >= 15 is 0 Å². The van der Waals surface area contributed by atoms with Crippen LogP contribution in [0.2, 0.25) is 0 Å². The highest BCUT2D eigenvalue weighted by Crippen LogP contribution is 2.41. The molecule has 0 saturated heterocycles. The van der Waals surface area contributed by atoms with Crippen molar-refractivity contribution in [2.75, 3.05) is 6.54 Å². The SMILES string of the molecule is CCCNC(c1c(C)cc(C)cc1F)C1CCC(CC)C1. The van der Waals surface area contributed by atoms with Crippen molar-refractivity contribution in [2.45, 2.75) is 65.8 Å². The molecule has 2 rings (SSSR count). The van der Waals surface area contributed by atoms with Crippen molar-refractivity contribution in [3.63, 3.8) is 0 Å². The molecule has 1 N–H and O–H groups in total. The summed E-state index contributed by atoms with van der Waals surface area (Å²) >= 11 is 0. The van der Waals surface area contributed by atoms with E-state index < -0.39 is 0 Å². The molecule has 1 aromatic carbocycles. The van der Waals surface area contributed by atoms with Crippen molar-refractivity contribution in [1.29, 1.82) is 0 Å². The lowest BCUT2D eigenvalue weighted by molar-refractivity contribution is 0.343. The van der Waals surface area contributed by atoms with Crippen LogP contribution in [0, 0.1) is 31.5 Å². The van der Waals surface area contributed by atoms with E-state index in [1.54, 1.807) is 6.07 Å². The lowest BCUT2D eigenvalue weighted by atomic mass is 9.87. The van der Waals surface area contributed by atoms with Gasteiger partial charge in [0.05, 0.1) is 0 Å². The Labute approximate surface area is 129 Å². The molecule has 0 bridgehead atoms. The highest BCUT2D eigenvalue weighted by Gasteiger charge is 2.32. The number of hydrogen-bond acceptors (Lipinski definition) is 1. The summed E-state index contributed by atoms with van der Waals surface area (Å²) in [6.07, 6.45) is 6.12. The molecule has 1 nitrogen and oxygen atoms in total. The van der Waals surface area contributed by atoms with Crippen molar-refractivity contribution < 1.29 is 4.39 Å². The molecule has 2 heteroatoms. The van der Waals surface area contributed by atoms with E-state index in [2.05, 4.69) is 32.2 Å². The van der Waals surface area contributed by atoms with E-state index in [1.807, 2.05) is 6.92 Å². The minimum atomic E-state index is -0.0268. The minimum absolute atomic E-state index is 0.0268. The second kappa shape index (κ2) is 7.40. The van der Waals surface area contributed by atoms with Gasteiger partial charge in [-0.1, -0.05) is 32.8 Å². The molecule has 3 unspecified atom stereocenters. The maximum atomic E-state index is 14.6. The van der Waals surface area contributed by atoms with E-state index in [0.29, 0.717) is 5.92 Å². The smallest absolute Gasteiger partial charge is 0.128 e. The molecule has 0 amide bonds. The Morgan fingerprint density at radius 2 is 2.00 bits per heavy atom. The fourth-order valence-electron chi connectivity index (χ4n) is 3.91. The molecular weight excluding hydrogens is 261 g/mol. The first-order chi connectivity index (χ1) is 10.1. The van der Waals surface area contributed by atoms with Crippen molar-refractivity contribution in [1.82, 2.24) is 5.32 Å². The standard InChI is InChI=1S/C19H30FN/c1-5-9-21-19(16-8-7-15(6-2)12-16)18-14(4)10-13(3)11-17(18)20/h10-11,15-16,19,21H,5-9,12H2,1-4H3. The van der Waals surface area contributed by atoms with E-state index in [4.69, 9.17) is 0 Å². The first-order valence-electron chi connectivity index (χ1n) is 8.56. The highest BCUT2D eigenvalue weighted by atomic mass is 19.1. The summed E-state index contributed by atoms with van der Waals surface area (Å²) in [6.45, 7) is 9.44. The second-order valence-corrected chi connectivity index (χ2v) is 6.76. The average Bonchev–Trinajstić information content (AvgIpc) is 2.90. The number of halogens is 1. The van der Waals surface area contributed by atoms with Gasteiger partial charge in [0.1, 0.15) is 5.82 Å². The van der Waals surface area contributed by atoms with Gasteiger partial charge in [-0.15, -0.1) is 0 Å². The molecule has 0 aromatic heterocycles. The number of rotatable bonds is 6. The van der Waals surface area contributed by atoms with Crippen LogP contribution < -0.4 is 5.32 Å². The molecule has 1 fully saturated rings. The quantitative estimate of drug-likeness (QED) is 0.749. The van der Waals surface area contributed by atoms with Crippen LogP contribution >= 0.6 is 0 Å². The van der Waals surface area contributed by atoms with Gasteiger partial charge in [0.25, 0.3) is 0 Å². The number of hydrogen-bond donors (Lipinski definition) is 1. The van der Waals surface area contributed by atoms with Crippen molar-refractivity contribution >= 4 is 0 Å². The van der Waals surface area contributed by atoms with Crippen molar-refractivity contribution in [2.24, 2.45) is 11.8 Å². The predicted octanol–water partition coefficient (Wildman–Crippen LogP) is 5.31. The van der Waals surface area contributed by atoms with Crippen LogP contribution in [0.4, 0.5) is 4.39 Å². The van der Waals surface area contributed by atoms with E-state index in [9.17, 15) is 4.39 Å². The van der Waals surface area contributed by atoms with Gasteiger partial charge < -0.3 is 5.32 Å². The second-order valence-electron chi connectivity index (χ2n) is 6.76. The van der Waals surface area contributed by atoms with Gasteiger partial charge >= 0.3 is 0 Å². The molecule has 0 aliphatic heterocycles. The maximum Gasteiger partial charge on any atom is 0.128 e. The van der Waals surface area contributed by atoms with E-state index in [1.165, 1.54) is 25.7 Å². The fraction of sp³-hybridized carbons (Fsp3) is 0.684. The monoisotopic (exact) mass is 291 g/mol. The van der Waals surface area contributed by atoms with Crippen LogP contribution in [0.5, 0.6) is 0 Å². The molecule has 1 saturated carbocycles. The third-order valence-corrected chi connectivity index (χ3v) is 5.04. The fourth-order valence-corrected chi connectivity index (χ4v) is 3.91. The topological polar surface area (TPSA) is 12.0 Å². The third kappa shape index (κ3) is 3.85. The van der Waals surface area contributed by atoms with Gasteiger partial charge in [0.15, 0.2) is 0 Å². The average molecular weight is 291 g/mol. The number of nitrogens with one attached hydrogen (secondary N) is 1. The zero-order valence-corrected chi connectivity index (χ0v) is 14.0. The Morgan fingerprint density at radius 1 is 1.24 bits per heavy atom. The molecule has 1 aliphatic rings. The van der Waals surface area contributed by atoms with Gasteiger partial charge in [0, 0.05) is 11.6 Å². The third-order valence-electron chi connectivity index (χ3n) is 5.04. The minimum Gasteiger partial charge on any atom is -0.310 e. The molecule has 1 aromatic rings. The number of aryl methyl sites for hydroxylation is 2. The van der Waals surface area contributed by atoms with E-state index in [0.717, 1.165) is 35.6 Å². The summed E-state index contributed by atoms with van der Waals surface area (Å²) in [7, 11) is 0. The summed E-state index contributed by atoms with van der Waals surface area (Å²) in [5.74, 6) is 1.38. The van der Waals surface area contributed by atoms with Gasteiger partial charge in [-0.25, -0.2) is 4.39 Å². The van der Waals surface area contributed by atoms with Crippen LogP contribution in [-0.4, -0.2) is 6.54 Å². The van der Waals surface area contributed by atoms with E-state index in [-0.39, 0.29) is 11.9 Å². The molecule has 21 heavy (non-hydrogen) atoms. The zero-order chi connectivity index (χ0) is 15.4. The molecule has 3 atom stereocenters. The van der Waals surface area contributed by atoms with Crippen LogP contribution in [0.25, 0.3) is 0 Å². The van der Waals surface area contributed by atoms with Crippen LogP contribution in [-0.2, 0) is 0 Å². The maximum absolute atomic E-state index is 14.6. The highest BCUT2D eigenvalue weighted by molar-refractivity contribution is 5.35. The van der Waals surface area contributed by atoms with Crippen LogP contribution in [0.1, 0.15) is 68.7 Å². The Bertz CT molecular complexity index is 446. The summed E-state index contributed by atoms with van der Waals surface area (Å²) in [5.41, 5.74) is 3.03. The lowest BCUT2D eigenvalue weighted by Crippen LogP contribution is -2.29. The van der Waals surface area contributed by atoms with Crippen molar-refractivity contribution in [3.8, 4) is 0 Å². The molecular formula is C19H30FN. The van der Waals surface area contributed by atoms with Gasteiger partial charge in [0.2, 0.25) is 0 Å². The van der Waals surface area contributed by atoms with Crippen LogP contribution in [0.3, 0.4) is 0 Å². The number of benzene rings is 1. The van der Waals surface area contributed by atoms with Crippen LogP contribution in [0.15, 0.2) is 12.1 Å². The van der Waals surface area contributed by atoms with Gasteiger partial charge in [-0.2, -0.15) is 0 Å². The summed E-state index contributed by atoms with van der Waals surface area (Å²) in [4.78, 5) is 0. The Balaban J connectivity index is 2.28. The normalized spacial score (nSPS) is 23.5. The zero-order valence-electron chi connectivity index (χ0n) is 14.0. The predicted molar refractivity (Wildman–Crippen MR) is 88.0 cm³/mol. The summed E-state index contributed by atoms with van der Waals surface area (Å²) in [6, 6.07) is 3.99. The molecule has 0 spiro atoms. The summed E-state index contributed by atoms with van der Waals surface area (Å²) in [5, 5.41) is 3.63. The Kier molecular flexibility index (Phi) is 5.80. The van der Waals surface area contributed by atoms with Gasteiger partial charge in [-0.3, -0.25) is 0 Å². The molecule has 1 aliphatic carbocycles.